The van der Waals surface area contributed by atoms with Crippen LogP contribution in [0.25, 0.3) is 11.8 Å². The average molecular weight is 544 g/mol. The minimum atomic E-state index is -0.688. The van der Waals surface area contributed by atoms with Crippen LogP contribution in [-0.2, 0) is 15.9 Å². The number of methoxy groups -OCH3 is 2. The number of carbonyl (C=O) groups excluding carboxylic acids is 1. The third-order valence-electron chi connectivity index (χ3n) is 5.99. The molecule has 204 valence electrons. The lowest BCUT2D eigenvalue weighted by atomic mass is 10.1. The van der Waals surface area contributed by atoms with Crippen LogP contribution < -0.4 is 14.8 Å². The summed E-state index contributed by atoms with van der Waals surface area (Å²) in [7, 11) is 3.11. The number of aromatic nitrogens is 4. The Kier molecular flexibility index (Phi) is 7.72. The molecule has 0 bridgehead atoms. The molecule has 1 aliphatic carbocycles. The number of halogens is 1. The third-order valence-corrected chi connectivity index (χ3v) is 5.99. The lowest BCUT2D eigenvalue weighted by Gasteiger charge is -2.13. The highest BCUT2D eigenvalue weighted by molar-refractivity contribution is 6.04. The maximum atomic E-state index is 15.1. The Morgan fingerprint density at radius 2 is 1.95 bits per heavy atom. The van der Waals surface area contributed by atoms with Gasteiger partial charge in [0.05, 0.1) is 50.3 Å². The molecule has 1 aliphatic rings. The van der Waals surface area contributed by atoms with Gasteiger partial charge in [0.2, 0.25) is 0 Å². The first kappa shape index (κ1) is 26.4. The number of allylic oxidation sites excluding steroid dienone is 1. The number of anilines is 1. The molecule has 10 nitrogen and oxygen atoms in total. The summed E-state index contributed by atoms with van der Waals surface area (Å²) in [5.74, 6) is 0.734. The molecule has 40 heavy (non-hydrogen) atoms. The van der Waals surface area contributed by atoms with Gasteiger partial charge in [0.25, 0.3) is 5.91 Å². The van der Waals surface area contributed by atoms with Gasteiger partial charge in [-0.25, -0.2) is 9.07 Å². The molecular weight excluding hydrogens is 517 g/mol. The van der Waals surface area contributed by atoms with Crippen molar-refractivity contribution < 1.29 is 28.1 Å². The Labute approximate surface area is 229 Å². The van der Waals surface area contributed by atoms with Gasteiger partial charge in [0.15, 0.2) is 23.0 Å². The summed E-state index contributed by atoms with van der Waals surface area (Å²) in [5.41, 5.74) is 2.05. The quantitative estimate of drug-likeness (QED) is 0.302. The van der Waals surface area contributed by atoms with E-state index in [9.17, 15) is 4.79 Å². The Morgan fingerprint density at radius 3 is 2.67 bits per heavy atom. The number of benzene rings is 1. The van der Waals surface area contributed by atoms with Crippen molar-refractivity contribution in [2.24, 2.45) is 0 Å². The second-order valence-corrected chi connectivity index (χ2v) is 8.49. The summed E-state index contributed by atoms with van der Waals surface area (Å²) in [6.07, 6.45) is 10.6. The van der Waals surface area contributed by atoms with E-state index in [0.29, 0.717) is 41.5 Å². The largest absolute Gasteiger partial charge is 0.493 e. The SMILES string of the molecule is CCOc1cn(-c2cccnc2)nc1C(=O)Nc1ccc(Oc2ccnc3c2C=C(OC)C(OC)=CC3)cc1F. The standard InChI is InChI=1S/C29H26FN5O5/c1-4-39-27-17-35(18-6-5-12-31-16-18)34-28(27)29(36)33-23-8-7-19(14-21(23)30)40-24-11-13-32-22-9-10-25(37-2)26(38-3)15-20(22)24/h5-8,10-17H,4,9H2,1-3H3,(H,33,36). The van der Waals surface area contributed by atoms with E-state index >= 15 is 4.39 Å². The van der Waals surface area contributed by atoms with Gasteiger partial charge in [0.1, 0.15) is 17.3 Å². The van der Waals surface area contributed by atoms with Crippen LogP contribution >= 0.6 is 0 Å². The van der Waals surface area contributed by atoms with Crippen LogP contribution in [0.5, 0.6) is 17.2 Å². The maximum Gasteiger partial charge on any atom is 0.280 e. The number of carbonyl (C=O) groups is 1. The first-order chi connectivity index (χ1) is 19.5. The molecule has 0 unspecified atom stereocenters. The molecule has 3 heterocycles. The fraction of sp³-hybridized carbons (Fsp3) is 0.172. The molecule has 0 saturated heterocycles. The molecule has 0 atom stereocenters. The second kappa shape index (κ2) is 11.7. The number of nitrogens with one attached hydrogen (secondary N) is 1. The van der Waals surface area contributed by atoms with Crippen LogP contribution in [0.3, 0.4) is 0 Å². The highest BCUT2D eigenvalue weighted by Gasteiger charge is 2.21. The number of hydrogen-bond donors (Lipinski definition) is 1. The molecule has 4 aromatic rings. The highest BCUT2D eigenvalue weighted by Crippen LogP contribution is 2.34. The number of nitrogens with zero attached hydrogens (tertiary/aromatic N) is 4. The van der Waals surface area contributed by atoms with Crippen molar-refractivity contribution in [3.63, 3.8) is 0 Å². The van der Waals surface area contributed by atoms with Crippen LogP contribution in [0.1, 0.15) is 28.7 Å². The predicted molar refractivity (Wildman–Crippen MR) is 145 cm³/mol. The first-order valence-electron chi connectivity index (χ1n) is 12.4. The summed E-state index contributed by atoms with van der Waals surface area (Å²) in [5, 5.41) is 6.90. The van der Waals surface area contributed by atoms with Crippen molar-refractivity contribution in [3.8, 4) is 22.9 Å². The average Bonchev–Trinajstić information content (AvgIpc) is 3.30. The van der Waals surface area contributed by atoms with Crippen LogP contribution in [0.2, 0.25) is 0 Å². The van der Waals surface area contributed by atoms with E-state index in [0.717, 1.165) is 5.69 Å². The van der Waals surface area contributed by atoms with Gasteiger partial charge in [-0.3, -0.25) is 14.8 Å². The summed E-state index contributed by atoms with van der Waals surface area (Å²) in [6.45, 7) is 2.12. The minimum Gasteiger partial charge on any atom is -0.493 e. The number of fused-ring (bicyclic) bond motifs is 1. The zero-order valence-corrected chi connectivity index (χ0v) is 22.1. The van der Waals surface area contributed by atoms with E-state index in [-0.39, 0.29) is 22.9 Å². The summed E-state index contributed by atoms with van der Waals surface area (Å²) in [4.78, 5) is 21.6. The molecule has 5 rings (SSSR count). The third kappa shape index (κ3) is 5.48. The van der Waals surface area contributed by atoms with Crippen LogP contribution in [0.15, 0.2) is 78.8 Å². The number of pyridine rings is 2. The van der Waals surface area contributed by atoms with Crippen molar-refractivity contribution in [2.75, 3.05) is 26.1 Å². The van der Waals surface area contributed by atoms with Gasteiger partial charge in [-0.05, 0) is 49.4 Å². The van der Waals surface area contributed by atoms with Crippen LogP contribution in [0.4, 0.5) is 10.1 Å². The maximum absolute atomic E-state index is 15.1. The molecule has 11 heteroatoms. The van der Waals surface area contributed by atoms with E-state index in [1.807, 2.05) is 6.08 Å². The Balaban J connectivity index is 1.37. The van der Waals surface area contributed by atoms with Crippen molar-refractivity contribution in [1.82, 2.24) is 19.7 Å². The van der Waals surface area contributed by atoms with Gasteiger partial charge in [-0.1, -0.05) is 0 Å². The van der Waals surface area contributed by atoms with E-state index in [4.69, 9.17) is 18.9 Å². The smallest absolute Gasteiger partial charge is 0.280 e. The molecule has 0 radical (unpaired) electrons. The fourth-order valence-corrected chi connectivity index (χ4v) is 4.11. The first-order valence-corrected chi connectivity index (χ1v) is 12.4. The summed E-state index contributed by atoms with van der Waals surface area (Å²) >= 11 is 0. The second-order valence-electron chi connectivity index (χ2n) is 8.49. The minimum absolute atomic E-state index is 0.00896. The predicted octanol–water partition coefficient (Wildman–Crippen LogP) is 5.32. The van der Waals surface area contributed by atoms with Gasteiger partial charge in [-0.15, -0.1) is 0 Å². The monoisotopic (exact) mass is 543 g/mol. The van der Waals surface area contributed by atoms with E-state index < -0.39 is 11.7 Å². The molecule has 0 spiro atoms. The summed E-state index contributed by atoms with van der Waals surface area (Å²) < 4.78 is 39.1. The van der Waals surface area contributed by atoms with Crippen molar-refractivity contribution >= 4 is 17.7 Å². The Hall–Kier alpha value is -5.19. The van der Waals surface area contributed by atoms with E-state index in [1.54, 1.807) is 76.3 Å². The van der Waals surface area contributed by atoms with Crippen LogP contribution in [-0.4, -0.2) is 46.5 Å². The van der Waals surface area contributed by atoms with Gasteiger partial charge in [0, 0.05) is 30.4 Å². The number of ether oxygens (including phenoxy) is 4. The van der Waals surface area contributed by atoms with Crippen molar-refractivity contribution in [2.45, 2.75) is 13.3 Å². The summed E-state index contributed by atoms with van der Waals surface area (Å²) in [6, 6.07) is 9.39. The Bertz CT molecular complexity index is 1600. The fourth-order valence-electron chi connectivity index (χ4n) is 4.11. The van der Waals surface area contributed by atoms with E-state index in [2.05, 4.69) is 20.4 Å². The van der Waals surface area contributed by atoms with Crippen LogP contribution in [0, 0.1) is 5.82 Å². The molecule has 1 N–H and O–H groups in total. The number of rotatable bonds is 9. The molecule has 0 aliphatic heterocycles. The van der Waals surface area contributed by atoms with Gasteiger partial charge in [-0.2, -0.15) is 5.10 Å². The van der Waals surface area contributed by atoms with E-state index in [1.165, 1.54) is 16.8 Å². The molecule has 3 aromatic heterocycles. The number of amides is 1. The lowest BCUT2D eigenvalue weighted by molar-refractivity contribution is 0.101. The van der Waals surface area contributed by atoms with Crippen molar-refractivity contribution in [1.29, 1.82) is 0 Å². The molecule has 0 saturated carbocycles. The molecule has 0 fully saturated rings. The zero-order valence-electron chi connectivity index (χ0n) is 22.1. The van der Waals surface area contributed by atoms with Crippen molar-refractivity contribution in [3.05, 3.63) is 102 Å². The Morgan fingerprint density at radius 1 is 1.10 bits per heavy atom. The highest BCUT2D eigenvalue weighted by atomic mass is 19.1. The molecular formula is C29H26FN5O5. The van der Waals surface area contributed by atoms with Gasteiger partial charge < -0.3 is 24.3 Å². The topological polar surface area (TPSA) is 110 Å². The molecule has 1 aromatic carbocycles. The molecule has 1 amide bonds. The van der Waals surface area contributed by atoms with Gasteiger partial charge >= 0.3 is 0 Å². The lowest BCUT2D eigenvalue weighted by Crippen LogP contribution is -2.15. The normalized spacial score (nSPS) is 12.4. The zero-order chi connectivity index (χ0) is 28.1. The number of hydrogen-bond acceptors (Lipinski definition) is 8.